The van der Waals surface area contributed by atoms with E-state index in [2.05, 4.69) is 10.3 Å². The lowest BCUT2D eigenvalue weighted by molar-refractivity contribution is -0.144. The summed E-state index contributed by atoms with van der Waals surface area (Å²) in [6.07, 6.45) is 0. The van der Waals surface area contributed by atoms with Crippen molar-refractivity contribution >= 4 is 16.9 Å². The SMILES string of the molecule is COC(=O)[C@@H](NCc1nc2ccccc2c(=O)n1C)C(C)C. The van der Waals surface area contributed by atoms with Crippen LogP contribution in [0.2, 0.25) is 0 Å². The quantitative estimate of drug-likeness (QED) is 0.841. The Balaban J connectivity index is 2.30. The molecule has 0 aliphatic rings. The van der Waals surface area contributed by atoms with Gasteiger partial charge in [0, 0.05) is 7.05 Å². The molecule has 2 rings (SSSR count). The van der Waals surface area contributed by atoms with Gasteiger partial charge in [0.1, 0.15) is 11.9 Å². The topological polar surface area (TPSA) is 73.2 Å². The lowest BCUT2D eigenvalue weighted by Gasteiger charge is -2.20. The van der Waals surface area contributed by atoms with Crippen molar-refractivity contribution in [2.24, 2.45) is 13.0 Å². The van der Waals surface area contributed by atoms with Gasteiger partial charge in [-0.25, -0.2) is 4.98 Å². The number of methoxy groups -OCH3 is 1. The number of hydrogen-bond donors (Lipinski definition) is 1. The molecule has 0 spiro atoms. The zero-order chi connectivity index (χ0) is 16.3. The van der Waals surface area contributed by atoms with Gasteiger partial charge < -0.3 is 4.74 Å². The fraction of sp³-hybridized carbons (Fsp3) is 0.438. The molecule has 1 aromatic carbocycles. The van der Waals surface area contributed by atoms with Crippen LogP contribution >= 0.6 is 0 Å². The highest BCUT2D eigenvalue weighted by atomic mass is 16.5. The maximum atomic E-state index is 12.3. The summed E-state index contributed by atoms with van der Waals surface area (Å²) in [6.45, 7) is 4.18. The zero-order valence-corrected chi connectivity index (χ0v) is 13.3. The van der Waals surface area contributed by atoms with Gasteiger partial charge >= 0.3 is 5.97 Å². The van der Waals surface area contributed by atoms with Crippen LogP contribution < -0.4 is 10.9 Å². The number of esters is 1. The molecule has 0 fully saturated rings. The van der Waals surface area contributed by atoms with Gasteiger partial charge in [-0.15, -0.1) is 0 Å². The molecule has 22 heavy (non-hydrogen) atoms. The summed E-state index contributed by atoms with van der Waals surface area (Å²) in [5.41, 5.74) is 0.558. The first-order chi connectivity index (χ1) is 10.5. The highest BCUT2D eigenvalue weighted by Crippen LogP contribution is 2.08. The number of nitrogens with one attached hydrogen (secondary N) is 1. The van der Waals surface area contributed by atoms with E-state index >= 15 is 0 Å². The maximum Gasteiger partial charge on any atom is 0.323 e. The molecule has 1 atom stereocenters. The Morgan fingerprint density at radius 3 is 2.68 bits per heavy atom. The number of carbonyl (C=O) groups is 1. The van der Waals surface area contributed by atoms with Crippen molar-refractivity contribution < 1.29 is 9.53 Å². The third-order valence-electron chi connectivity index (χ3n) is 3.68. The number of rotatable bonds is 5. The molecule has 0 saturated carbocycles. The number of carbonyl (C=O) groups excluding carboxylic acids is 1. The van der Waals surface area contributed by atoms with Gasteiger partial charge in [0.15, 0.2) is 0 Å². The normalized spacial score (nSPS) is 12.6. The van der Waals surface area contributed by atoms with E-state index < -0.39 is 6.04 Å². The Morgan fingerprint density at radius 2 is 2.05 bits per heavy atom. The van der Waals surface area contributed by atoms with Crippen molar-refractivity contribution in [3.05, 3.63) is 40.4 Å². The summed E-state index contributed by atoms with van der Waals surface area (Å²) in [6, 6.07) is 6.79. The van der Waals surface area contributed by atoms with Crippen LogP contribution in [0.25, 0.3) is 10.9 Å². The fourth-order valence-electron chi connectivity index (χ4n) is 2.34. The highest BCUT2D eigenvalue weighted by Gasteiger charge is 2.22. The van der Waals surface area contributed by atoms with Crippen molar-refractivity contribution in [1.29, 1.82) is 0 Å². The molecule has 0 bridgehead atoms. The number of aromatic nitrogens is 2. The molecule has 2 aromatic rings. The summed E-state index contributed by atoms with van der Waals surface area (Å²) in [4.78, 5) is 28.6. The summed E-state index contributed by atoms with van der Waals surface area (Å²) in [7, 11) is 3.05. The molecular formula is C16H21N3O3. The summed E-state index contributed by atoms with van der Waals surface area (Å²) < 4.78 is 6.30. The highest BCUT2D eigenvalue weighted by molar-refractivity contribution is 5.77. The first-order valence-corrected chi connectivity index (χ1v) is 7.21. The smallest absolute Gasteiger partial charge is 0.323 e. The van der Waals surface area contributed by atoms with Gasteiger partial charge in [-0.05, 0) is 18.1 Å². The van der Waals surface area contributed by atoms with Crippen LogP contribution in [0.15, 0.2) is 29.1 Å². The van der Waals surface area contributed by atoms with Crippen LogP contribution in [0.3, 0.4) is 0 Å². The van der Waals surface area contributed by atoms with Crippen LogP contribution in [-0.2, 0) is 23.1 Å². The van der Waals surface area contributed by atoms with Crippen molar-refractivity contribution in [2.45, 2.75) is 26.4 Å². The average molecular weight is 303 g/mol. The molecule has 1 N–H and O–H groups in total. The molecule has 1 aromatic heterocycles. The van der Waals surface area contributed by atoms with Gasteiger partial charge in [-0.1, -0.05) is 26.0 Å². The Bertz CT molecular complexity index is 737. The van der Waals surface area contributed by atoms with E-state index in [0.29, 0.717) is 23.3 Å². The molecule has 0 amide bonds. The van der Waals surface area contributed by atoms with E-state index in [4.69, 9.17) is 4.74 Å². The average Bonchev–Trinajstić information content (AvgIpc) is 2.51. The number of hydrogen-bond acceptors (Lipinski definition) is 5. The van der Waals surface area contributed by atoms with Crippen LogP contribution in [0.4, 0.5) is 0 Å². The molecule has 6 heteroatoms. The molecule has 1 heterocycles. The fourth-order valence-corrected chi connectivity index (χ4v) is 2.34. The van der Waals surface area contributed by atoms with E-state index in [1.807, 2.05) is 26.0 Å². The van der Waals surface area contributed by atoms with Crippen molar-refractivity contribution in [2.75, 3.05) is 7.11 Å². The minimum Gasteiger partial charge on any atom is -0.468 e. The largest absolute Gasteiger partial charge is 0.468 e. The van der Waals surface area contributed by atoms with Crippen LogP contribution in [0.1, 0.15) is 19.7 Å². The number of fused-ring (bicyclic) bond motifs is 1. The van der Waals surface area contributed by atoms with Crippen LogP contribution in [0.5, 0.6) is 0 Å². The van der Waals surface area contributed by atoms with Crippen LogP contribution in [-0.4, -0.2) is 28.7 Å². The third kappa shape index (κ3) is 3.17. The Labute approximate surface area is 129 Å². The Kier molecular flexibility index (Phi) is 4.92. The molecule has 0 radical (unpaired) electrons. The minimum atomic E-state index is -0.437. The maximum absolute atomic E-state index is 12.3. The lowest BCUT2D eigenvalue weighted by atomic mass is 10.0. The van der Waals surface area contributed by atoms with Crippen LogP contribution in [0, 0.1) is 5.92 Å². The van der Waals surface area contributed by atoms with Gasteiger partial charge in [-0.2, -0.15) is 0 Å². The van der Waals surface area contributed by atoms with E-state index in [-0.39, 0.29) is 17.4 Å². The molecule has 0 aliphatic carbocycles. The number of nitrogens with zero attached hydrogens (tertiary/aromatic N) is 2. The lowest BCUT2D eigenvalue weighted by Crippen LogP contribution is -2.42. The zero-order valence-electron chi connectivity index (χ0n) is 13.3. The van der Waals surface area contributed by atoms with Crippen molar-refractivity contribution in [1.82, 2.24) is 14.9 Å². The van der Waals surface area contributed by atoms with Gasteiger partial charge in [0.05, 0.1) is 24.6 Å². The molecule has 6 nitrogen and oxygen atoms in total. The molecule has 0 aliphatic heterocycles. The number of ether oxygens (including phenoxy) is 1. The van der Waals surface area contributed by atoms with Gasteiger partial charge in [-0.3, -0.25) is 19.5 Å². The van der Waals surface area contributed by atoms with E-state index in [0.717, 1.165) is 0 Å². The second kappa shape index (κ2) is 6.70. The van der Waals surface area contributed by atoms with E-state index in [1.165, 1.54) is 11.7 Å². The monoisotopic (exact) mass is 303 g/mol. The predicted molar refractivity (Wildman–Crippen MR) is 84.5 cm³/mol. The van der Waals surface area contributed by atoms with Gasteiger partial charge in [0.25, 0.3) is 5.56 Å². The second-order valence-electron chi connectivity index (χ2n) is 5.54. The molecular weight excluding hydrogens is 282 g/mol. The first-order valence-electron chi connectivity index (χ1n) is 7.21. The summed E-state index contributed by atoms with van der Waals surface area (Å²) in [5.74, 6) is 0.337. The Morgan fingerprint density at radius 1 is 1.36 bits per heavy atom. The summed E-state index contributed by atoms with van der Waals surface area (Å²) in [5, 5.41) is 3.71. The first kappa shape index (κ1) is 16.2. The third-order valence-corrected chi connectivity index (χ3v) is 3.68. The molecule has 0 unspecified atom stereocenters. The molecule has 118 valence electrons. The summed E-state index contributed by atoms with van der Waals surface area (Å²) >= 11 is 0. The van der Waals surface area contributed by atoms with Crippen molar-refractivity contribution in [3.8, 4) is 0 Å². The number of para-hydroxylation sites is 1. The Hall–Kier alpha value is -2.21. The standard InChI is InChI=1S/C16H21N3O3/c1-10(2)14(16(21)22-4)17-9-13-18-12-8-6-5-7-11(12)15(20)19(13)3/h5-8,10,14,17H,9H2,1-4H3/t14-/m0/s1. The minimum absolute atomic E-state index is 0.0740. The number of benzene rings is 1. The predicted octanol–water partition coefficient (Wildman–Crippen LogP) is 1.22. The molecule has 0 saturated heterocycles. The second-order valence-corrected chi connectivity index (χ2v) is 5.54. The van der Waals surface area contributed by atoms with Gasteiger partial charge in [0.2, 0.25) is 0 Å². The van der Waals surface area contributed by atoms with E-state index in [1.54, 1.807) is 19.2 Å². The van der Waals surface area contributed by atoms with Crippen molar-refractivity contribution in [3.63, 3.8) is 0 Å². The van der Waals surface area contributed by atoms with E-state index in [9.17, 15) is 9.59 Å².